The second-order valence-electron chi connectivity index (χ2n) is 4.63. The smallest absolute Gasteiger partial charge is 0.329 e. The number of aliphatic carboxylic acids is 1. The molecule has 1 saturated carbocycles. The summed E-state index contributed by atoms with van der Waals surface area (Å²) in [5.74, 6) is -1.43. The molecule has 0 aliphatic heterocycles. The van der Waals surface area contributed by atoms with Crippen molar-refractivity contribution in [1.29, 1.82) is 0 Å². The number of carboxylic acids is 1. The van der Waals surface area contributed by atoms with Crippen LogP contribution in [0, 0.1) is 0 Å². The van der Waals surface area contributed by atoms with Crippen LogP contribution in [0.5, 0.6) is 0 Å². The van der Waals surface area contributed by atoms with Crippen LogP contribution in [-0.2, 0) is 4.79 Å². The fraction of sp³-hybridized carbons (Fsp3) is 0.385. The van der Waals surface area contributed by atoms with Crippen molar-refractivity contribution in [2.45, 2.75) is 31.2 Å². The van der Waals surface area contributed by atoms with E-state index in [9.17, 15) is 14.7 Å². The molecule has 4 N–H and O–H groups in total. The lowest BCUT2D eigenvalue weighted by molar-refractivity contribution is -0.142. The second-order valence-corrected chi connectivity index (χ2v) is 4.63. The summed E-state index contributed by atoms with van der Waals surface area (Å²) in [5.41, 5.74) is 5.13. The van der Waals surface area contributed by atoms with Crippen molar-refractivity contribution in [2.75, 3.05) is 5.32 Å². The van der Waals surface area contributed by atoms with Crippen molar-refractivity contribution in [3.8, 4) is 0 Å². The Labute approximate surface area is 105 Å². The lowest BCUT2D eigenvalue weighted by Gasteiger charge is -2.27. The number of anilines is 1. The molecule has 0 radical (unpaired) electrons. The number of para-hydroxylation sites is 1. The molecule has 0 heterocycles. The predicted molar refractivity (Wildman–Crippen MR) is 67.4 cm³/mol. The Bertz CT molecular complexity index is 479. The van der Waals surface area contributed by atoms with Crippen molar-refractivity contribution in [3.05, 3.63) is 29.8 Å². The van der Waals surface area contributed by atoms with Gasteiger partial charge in [-0.1, -0.05) is 25.0 Å². The Balaban J connectivity index is 2.33. The molecule has 5 nitrogen and oxygen atoms in total. The molecule has 1 aromatic rings. The second kappa shape index (κ2) is 4.68. The highest BCUT2D eigenvalue weighted by molar-refractivity contribution is 5.99. The van der Waals surface area contributed by atoms with E-state index in [0.717, 1.165) is 12.8 Å². The van der Waals surface area contributed by atoms with Gasteiger partial charge in [0.25, 0.3) is 5.91 Å². The maximum atomic E-state index is 11.4. The Kier molecular flexibility index (Phi) is 3.23. The molecule has 0 aromatic heterocycles. The average molecular weight is 248 g/mol. The van der Waals surface area contributed by atoms with Crippen molar-refractivity contribution in [2.24, 2.45) is 5.73 Å². The van der Waals surface area contributed by atoms with E-state index in [1.54, 1.807) is 24.3 Å². The summed E-state index contributed by atoms with van der Waals surface area (Å²) in [6, 6.07) is 6.73. The van der Waals surface area contributed by atoms with Crippen LogP contribution in [0.2, 0.25) is 0 Å². The minimum Gasteiger partial charge on any atom is -0.480 e. The molecule has 5 heteroatoms. The summed E-state index contributed by atoms with van der Waals surface area (Å²) in [4.78, 5) is 22.7. The third kappa shape index (κ3) is 2.16. The van der Waals surface area contributed by atoms with Crippen LogP contribution in [0.1, 0.15) is 36.0 Å². The number of nitrogens with two attached hydrogens (primary N) is 1. The molecule has 1 aliphatic carbocycles. The fourth-order valence-corrected chi connectivity index (χ4v) is 2.44. The van der Waals surface area contributed by atoms with Gasteiger partial charge >= 0.3 is 5.97 Å². The fourth-order valence-electron chi connectivity index (χ4n) is 2.44. The van der Waals surface area contributed by atoms with Crippen molar-refractivity contribution < 1.29 is 14.7 Å². The number of rotatable bonds is 4. The number of nitrogens with one attached hydrogen (secondary N) is 1. The van der Waals surface area contributed by atoms with Crippen LogP contribution in [0.25, 0.3) is 0 Å². The first-order valence-corrected chi connectivity index (χ1v) is 5.95. The van der Waals surface area contributed by atoms with Gasteiger partial charge in [-0.3, -0.25) is 4.79 Å². The van der Waals surface area contributed by atoms with E-state index in [-0.39, 0.29) is 0 Å². The lowest BCUT2D eigenvalue weighted by atomic mass is 9.96. The Morgan fingerprint density at radius 1 is 1.22 bits per heavy atom. The third-order valence-electron chi connectivity index (χ3n) is 3.43. The minimum atomic E-state index is -0.967. The van der Waals surface area contributed by atoms with Gasteiger partial charge in [0.15, 0.2) is 0 Å². The van der Waals surface area contributed by atoms with Gasteiger partial charge in [-0.2, -0.15) is 0 Å². The van der Waals surface area contributed by atoms with Crippen LogP contribution in [0.3, 0.4) is 0 Å². The highest BCUT2D eigenvalue weighted by Gasteiger charge is 2.41. The SMILES string of the molecule is NC(=O)c1ccccc1NC1(C(=O)O)CCCC1. The zero-order chi connectivity index (χ0) is 13.2. The molecule has 1 aromatic carbocycles. The van der Waals surface area contributed by atoms with E-state index >= 15 is 0 Å². The zero-order valence-corrected chi connectivity index (χ0v) is 9.98. The van der Waals surface area contributed by atoms with Gasteiger partial charge < -0.3 is 16.2 Å². The van der Waals surface area contributed by atoms with Crippen LogP contribution in [-0.4, -0.2) is 22.5 Å². The lowest BCUT2D eigenvalue weighted by Crippen LogP contribution is -2.44. The van der Waals surface area contributed by atoms with Crippen LogP contribution in [0.15, 0.2) is 24.3 Å². The molecule has 0 saturated heterocycles. The number of carbonyl (C=O) groups is 2. The monoisotopic (exact) mass is 248 g/mol. The molecule has 96 valence electrons. The molecule has 18 heavy (non-hydrogen) atoms. The number of benzene rings is 1. The van der Waals surface area contributed by atoms with E-state index < -0.39 is 17.4 Å². The number of hydrogen-bond acceptors (Lipinski definition) is 3. The number of amides is 1. The zero-order valence-electron chi connectivity index (χ0n) is 9.98. The Morgan fingerprint density at radius 2 is 1.83 bits per heavy atom. The van der Waals surface area contributed by atoms with E-state index in [0.29, 0.717) is 24.1 Å². The minimum absolute atomic E-state index is 0.324. The van der Waals surface area contributed by atoms with Gasteiger partial charge in [-0.25, -0.2) is 4.79 Å². The molecule has 0 atom stereocenters. The molecule has 1 amide bonds. The number of primary amides is 1. The van der Waals surface area contributed by atoms with E-state index in [1.165, 1.54) is 0 Å². The summed E-state index contributed by atoms with van der Waals surface area (Å²) in [7, 11) is 0. The molecule has 0 bridgehead atoms. The average Bonchev–Trinajstić information content (AvgIpc) is 2.79. The summed E-state index contributed by atoms with van der Waals surface area (Å²) < 4.78 is 0. The standard InChI is InChI=1S/C13H16N2O3/c14-11(16)9-5-1-2-6-10(9)15-13(12(17)18)7-3-4-8-13/h1-2,5-6,15H,3-4,7-8H2,(H2,14,16)(H,17,18). The van der Waals surface area contributed by atoms with E-state index in [1.807, 2.05) is 0 Å². The van der Waals surface area contributed by atoms with Crippen LogP contribution < -0.4 is 11.1 Å². The summed E-state index contributed by atoms with van der Waals surface area (Å²) in [6.07, 6.45) is 2.88. The first-order chi connectivity index (χ1) is 8.55. The van der Waals surface area contributed by atoms with Gasteiger partial charge in [-0.05, 0) is 25.0 Å². The number of carboxylic acid groups (broad SMARTS) is 1. The van der Waals surface area contributed by atoms with Gasteiger partial charge in [0.1, 0.15) is 5.54 Å². The van der Waals surface area contributed by atoms with Crippen LogP contribution >= 0.6 is 0 Å². The van der Waals surface area contributed by atoms with Gasteiger partial charge in [0.05, 0.1) is 5.56 Å². The maximum absolute atomic E-state index is 11.4. The highest BCUT2D eigenvalue weighted by atomic mass is 16.4. The third-order valence-corrected chi connectivity index (χ3v) is 3.43. The molecular weight excluding hydrogens is 232 g/mol. The molecular formula is C13H16N2O3. The normalized spacial score (nSPS) is 17.3. The van der Waals surface area contributed by atoms with Crippen LogP contribution in [0.4, 0.5) is 5.69 Å². The number of carbonyl (C=O) groups excluding carboxylic acids is 1. The van der Waals surface area contributed by atoms with Crippen molar-refractivity contribution in [3.63, 3.8) is 0 Å². The highest BCUT2D eigenvalue weighted by Crippen LogP contribution is 2.34. The predicted octanol–water partition coefficient (Wildman–Crippen LogP) is 1.59. The summed E-state index contributed by atoms with van der Waals surface area (Å²) in [6.45, 7) is 0. The van der Waals surface area contributed by atoms with Crippen molar-refractivity contribution >= 4 is 17.6 Å². The summed E-state index contributed by atoms with van der Waals surface area (Å²) >= 11 is 0. The quantitative estimate of drug-likeness (QED) is 0.754. The molecule has 1 fully saturated rings. The number of hydrogen-bond donors (Lipinski definition) is 3. The van der Waals surface area contributed by atoms with Crippen molar-refractivity contribution in [1.82, 2.24) is 0 Å². The van der Waals surface area contributed by atoms with E-state index in [4.69, 9.17) is 5.73 Å². The molecule has 2 rings (SSSR count). The van der Waals surface area contributed by atoms with Gasteiger partial charge in [0.2, 0.25) is 0 Å². The molecule has 0 unspecified atom stereocenters. The summed E-state index contributed by atoms with van der Waals surface area (Å²) in [5, 5.41) is 12.4. The van der Waals surface area contributed by atoms with Gasteiger partial charge in [0, 0.05) is 5.69 Å². The van der Waals surface area contributed by atoms with E-state index in [2.05, 4.69) is 5.32 Å². The molecule has 0 spiro atoms. The maximum Gasteiger partial charge on any atom is 0.329 e. The Morgan fingerprint density at radius 3 is 2.39 bits per heavy atom. The Hall–Kier alpha value is -2.04. The topological polar surface area (TPSA) is 92.4 Å². The van der Waals surface area contributed by atoms with Gasteiger partial charge in [-0.15, -0.1) is 0 Å². The first-order valence-electron chi connectivity index (χ1n) is 5.95. The first kappa shape index (κ1) is 12.4. The molecule has 1 aliphatic rings. The largest absolute Gasteiger partial charge is 0.480 e.